The third kappa shape index (κ3) is 5.00. The Morgan fingerprint density at radius 2 is 1.83 bits per heavy atom. The molecule has 0 bridgehead atoms. The number of piperidine rings is 1. The molecule has 1 amide bonds. The Kier molecular flexibility index (Phi) is 7.12. The number of hydrogen-bond acceptors (Lipinski definition) is 5. The minimum absolute atomic E-state index is 0.0271. The summed E-state index contributed by atoms with van der Waals surface area (Å²) in [5.74, 6) is -1.07. The van der Waals surface area contributed by atoms with Gasteiger partial charge in [0.25, 0.3) is 5.91 Å². The zero-order valence-electron chi connectivity index (χ0n) is 16.6. The van der Waals surface area contributed by atoms with E-state index in [0.717, 1.165) is 19.3 Å². The van der Waals surface area contributed by atoms with Gasteiger partial charge in [-0.15, -0.1) is 0 Å². The lowest BCUT2D eigenvalue weighted by atomic mass is 10.1. The predicted molar refractivity (Wildman–Crippen MR) is 114 cm³/mol. The summed E-state index contributed by atoms with van der Waals surface area (Å²) in [5, 5.41) is 2.79. The molecule has 3 rings (SSSR count). The van der Waals surface area contributed by atoms with E-state index in [1.165, 1.54) is 28.6 Å². The first-order chi connectivity index (χ1) is 14.3. The highest BCUT2D eigenvalue weighted by molar-refractivity contribution is 7.89. The van der Waals surface area contributed by atoms with E-state index in [1.54, 1.807) is 25.1 Å². The average Bonchev–Trinajstić information content (AvgIpc) is 2.75. The summed E-state index contributed by atoms with van der Waals surface area (Å²) in [4.78, 5) is 24.7. The van der Waals surface area contributed by atoms with Crippen LogP contribution in [0.15, 0.2) is 47.4 Å². The Hall–Kier alpha value is -2.42. The van der Waals surface area contributed by atoms with Crippen LogP contribution in [0.25, 0.3) is 0 Å². The van der Waals surface area contributed by atoms with Gasteiger partial charge in [-0.2, -0.15) is 4.31 Å². The predicted octanol–water partition coefficient (Wildman–Crippen LogP) is 3.94. The molecule has 0 aliphatic carbocycles. The highest BCUT2D eigenvalue weighted by Gasteiger charge is 2.27. The van der Waals surface area contributed by atoms with E-state index in [-0.39, 0.29) is 22.1 Å². The molecule has 1 N–H and O–H groups in total. The SMILES string of the molecule is CCOC(=O)c1cccc(NC(=O)c2cc(S(=O)(=O)N3CCCCC3)ccc2Cl)c1. The van der Waals surface area contributed by atoms with Crippen molar-refractivity contribution in [2.75, 3.05) is 25.0 Å². The van der Waals surface area contributed by atoms with Gasteiger partial charge in [0, 0.05) is 18.8 Å². The number of hydrogen-bond donors (Lipinski definition) is 1. The summed E-state index contributed by atoms with van der Waals surface area (Å²) >= 11 is 6.17. The van der Waals surface area contributed by atoms with Crippen molar-refractivity contribution < 1.29 is 22.7 Å². The summed E-state index contributed by atoms with van der Waals surface area (Å²) < 4.78 is 32.2. The van der Waals surface area contributed by atoms with Crippen molar-refractivity contribution in [1.82, 2.24) is 4.31 Å². The van der Waals surface area contributed by atoms with Crippen molar-refractivity contribution in [1.29, 1.82) is 0 Å². The molecular weight excluding hydrogens is 428 g/mol. The second-order valence-electron chi connectivity index (χ2n) is 6.86. The quantitative estimate of drug-likeness (QED) is 0.673. The fourth-order valence-electron chi connectivity index (χ4n) is 3.23. The van der Waals surface area contributed by atoms with Crippen LogP contribution in [0.5, 0.6) is 0 Å². The number of benzene rings is 2. The molecule has 1 heterocycles. The van der Waals surface area contributed by atoms with Gasteiger partial charge >= 0.3 is 5.97 Å². The van der Waals surface area contributed by atoms with Crippen LogP contribution in [-0.2, 0) is 14.8 Å². The summed E-state index contributed by atoms with van der Waals surface area (Å²) in [6.45, 7) is 2.88. The van der Waals surface area contributed by atoms with Gasteiger partial charge in [-0.25, -0.2) is 13.2 Å². The van der Waals surface area contributed by atoms with Gasteiger partial charge in [0.15, 0.2) is 0 Å². The monoisotopic (exact) mass is 450 g/mol. The van der Waals surface area contributed by atoms with Crippen molar-refractivity contribution in [3.05, 3.63) is 58.6 Å². The number of ether oxygens (including phenoxy) is 1. The minimum Gasteiger partial charge on any atom is -0.462 e. The van der Waals surface area contributed by atoms with Gasteiger partial charge in [0.1, 0.15) is 0 Å². The van der Waals surface area contributed by atoms with Crippen LogP contribution in [0, 0.1) is 0 Å². The van der Waals surface area contributed by atoms with Gasteiger partial charge in [-0.3, -0.25) is 4.79 Å². The molecule has 0 saturated carbocycles. The van der Waals surface area contributed by atoms with Crippen molar-refractivity contribution in [2.45, 2.75) is 31.1 Å². The summed E-state index contributed by atoms with van der Waals surface area (Å²) in [6.07, 6.45) is 2.64. The van der Waals surface area contributed by atoms with Gasteiger partial charge in [-0.05, 0) is 56.2 Å². The molecule has 160 valence electrons. The van der Waals surface area contributed by atoms with E-state index in [1.807, 2.05) is 0 Å². The number of carbonyl (C=O) groups excluding carboxylic acids is 2. The third-order valence-corrected chi connectivity index (χ3v) is 6.99. The van der Waals surface area contributed by atoms with Crippen LogP contribution >= 0.6 is 11.6 Å². The van der Waals surface area contributed by atoms with Crippen LogP contribution in [0.2, 0.25) is 5.02 Å². The molecule has 2 aromatic rings. The lowest BCUT2D eigenvalue weighted by Crippen LogP contribution is -2.35. The smallest absolute Gasteiger partial charge is 0.338 e. The molecular formula is C21H23ClN2O5S. The van der Waals surface area contributed by atoms with Crippen LogP contribution in [0.4, 0.5) is 5.69 Å². The number of carbonyl (C=O) groups is 2. The van der Waals surface area contributed by atoms with E-state index >= 15 is 0 Å². The van der Waals surface area contributed by atoms with Crippen molar-refractivity contribution in [2.24, 2.45) is 0 Å². The number of nitrogens with one attached hydrogen (secondary N) is 1. The number of halogens is 1. The third-order valence-electron chi connectivity index (χ3n) is 4.77. The molecule has 0 unspecified atom stereocenters. The molecule has 0 atom stereocenters. The molecule has 1 saturated heterocycles. The zero-order chi connectivity index (χ0) is 21.7. The molecule has 9 heteroatoms. The Morgan fingerprint density at radius 3 is 2.53 bits per heavy atom. The van der Waals surface area contributed by atoms with E-state index < -0.39 is 21.9 Å². The number of sulfonamides is 1. The second-order valence-corrected chi connectivity index (χ2v) is 9.21. The molecule has 2 aromatic carbocycles. The van der Waals surface area contributed by atoms with Crippen molar-refractivity contribution in [3.63, 3.8) is 0 Å². The summed E-state index contributed by atoms with van der Waals surface area (Å²) in [7, 11) is -3.70. The number of rotatable bonds is 6. The van der Waals surface area contributed by atoms with Crippen LogP contribution in [-0.4, -0.2) is 44.3 Å². The minimum atomic E-state index is -3.70. The normalized spacial score (nSPS) is 14.9. The maximum Gasteiger partial charge on any atom is 0.338 e. The van der Waals surface area contributed by atoms with Gasteiger partial charge < -0.3 is 10.1 Å². The molecule has 0 radical (unpaired) electrons. The van der Waals surface area contributed by atoms with Crippen LogP contribution < -0.4 is 5.32 Å². The lowest BCUT2D eigenvalue weighted by Gasteiger charge is -2.26. The Morgan fingerprint density at radius 1 is 1.10 bits per heavy atom. The molecule has 1 fully saturated rings. The maximum absolute atomic E-state index is 12.9. The van der Waals surface area contributed by atoms with Gasteiger partial charge in [0.2, 0.25) is 10.0 Å². The zero-order valence-corrected chi connectivity index (χ0v) is 18.1. The fourth-order valence-corrected chi connectivity index (χ4v) is 4.98. The van der Waals surface area contributed by atoms with E-state index in [2.05, 4.69) is 5.32 Å². The van der Waals surface area contributed by atoms with Gasteiger partial charge in [0.05, 0.1) is 27.7 Å². The number of anilines is 1. The van der Waals surface area contributed by atoms with Crippen molar-refractivity contribution >= 4 is 39.2 Å². The molecule has 1 aliphatic rings. The number of nitrogens with zero attached hydrogens (tertiary/aromatic N) is 1. The first kappa shape index (κ1) is 22.3. The Bertz CT molecular complexity index is 1050. The lowest BCUT2D eigenvalue weighted by molar-refractivity contribution is 0.0526. The maximum atomic E-state index is 12.9. The summed E-state index contributed by atoms with van der Waals surface area (Å²) in [5.41, 5.74) is 0.698. The second kappa shape index (κ2) is 9.59. The molecule has 30 heavy (non-hydrogen) atoms. The Balaban J connectivity index is 1.84. The molecule has 0 spiro atoms. The summed E-state index contributed by atoms with van der Waals surface area (Å²) in [6, 6.07) is 10.4. The highest BCUT2D eigenvalue weighted by Crippen LogP contribution is 2.26. The first-order valence-corrected chi connectivity index (χ1v) is 11.5. The van der Waals surface area contributed by atoms with Crippen LogP contribution in [0.1, 0.15) is 46.9 Å². The molecule has 0 aromatic heterocycles. The number of esters is 1. The average molecular weight is 451 g/mol. The standard InChI is InChI=1S/C21H23ClN2O5S/c1-2-29-21(26)15-7-6-8-16(13-15)23-20(25)18-14-17(9-10-19(18)22)30(27,28)24-11-4-3-5-12-24/h6-10,13-14H,2-5,11-12H2,1H3,(H,23,25). The fraction of sp³-hybridized carbons (Fsp3) is 0.333. The first-order valence-electron chi connectivity index (χ1n) is 9.71. The Labute approximate surface area is 181 Å². The van der Waals surface area contributed by atoms with E-state index in [0.29, 0.717) is 24.3 Å². The molecule has 7 nitrogen and oxygen atoms in total. The van der Waals surface area contributed by atoms with E-state index in [4.69, 9.17) is 16.3 Å². The van der Waals surface area contributed by atoms with E-state index in [9.17, 15) is 18.0 Å². The highest BCUT2D eigenvalue weighted by atomic mass is 35.5. The van der Waals surface area contributed by atoms with Gasteiger partial charge in [-0.1, -0.05) is 24.1 Å². The largest absolute Gasteiger partial charge is 0.462 e. The number of amides is 1. The topological polar surface area (TPSA) is 92.8 Å². The molecule has 1 aliphatic heterocycles. The van der Waals surface area contributed by atoms with Crippen molar-refractivity contribution in [3.8, 4) is 0 Å². The van der Waals surface area contributed by atoms with Crippen LogP contribution in [0.3, 0.4) is 0 Å².